The predicted molar refractivity (Wildman–Crippen MR) is 126 cm³/mol. The highest BCUT2D eigenvalue weighted by molar-refractivity contribution is 14.0. The van der Waals surface area contributed by atoms with Gasteiger partial charge in [-0.1, -0.05) is 19.3 Å². The molecule has 0 radical (unpaired) electrons. The fraction of sp³-hybridized carbons (Fsp3) is 0.905. The average Bonchev–Trinajstić information content (AvgIpc) is 3.09. The molecule has 1 amide bonds. The van der Waals surface area contributed by atoms with Crippen LogP contribution in [0.3, 0.4) is 0 Å². The number of hydrogen-bond acceptors (Lipinski definition) is 4. The molecule has 0 aromatic heterocycles. The number of halogens is 1. The molecular formula is C21H38IN5O2. The third kappa shape index (κ3) is 5.18. The third-order valence-corrected chi connectivity index (χ3v) is 7.41. The van der Waals surface area contributed by atoms with Crippen LogP contribution in [-0.2, 0) is 9.53 Å². The van der Waals surface area contributed by atoms with E-state index in [-0.39, 0.29) is 40.8 Å². The number of nitrogens with one attached hydrogen (secondary N) is 2. The highest BCUT2D eigenvalue weighted by atomic mass is 127. The highest BCUT2D eigenvalue weighted by Gasteiger charge is 2.43. The first-order valence-electron chi connectivity index (χ1n) is 11.2. The van der Waals surface area contributed by atoms with Crippen LogP contribution in [0.25, 0.3) is 0 Å². The van der Waals surface area contributed by atoms with Gasteiger partial charge >= 0.3 is 0 Å². The van der Waals surface area contributed by atoms with E-state index < -0.39 is 0 Å². The largest absolute Gasteiger partial charge is 0.379 e. The van der Waals surface area contributed by atoms with Gasteiger partial charge in [0.25, 0.3) is 0 Å². The molecule has 0 aromatic carbocycles. The molecule has 4 aliphatic rings. The first kappa shape index (κ1) is 23.1. The molecule has 2 N–H and O–H groups in total. The summed E-state index contributed by atoms with van der Waals surface area (Å²) in [4.78, 5) is 21.5. The fourth-order valence-corrected chi connectivity index (χ4v) is 5.86. The lowest BCUT2D eigenvalue weighted by molar-refractivity contribution is -0.119. The minimum atomic E-state index is 0. The number of amides is 1. The van der Waals surface area contributed by atoms with Gasteiger partial charge < -0.3 is 20.3 Å². The number of aliphatic imine (C=N–C) groups is 1. The summed E-state index contributed by atoms with van der Waals surface area (Å²) >= 11 is 0. The fourth-order valence-electron chi connectivity index (χ4n) is 5.86. The van der Waals surface area contributed by atoms with Crippen molar-refractivity contribution in [2.75, 3.05) is 59.5 Å². The van der Waals surface area contributed by atoms with Crippen LogP contribution < -0.4 is 10.6 Å². The average molecular weight is 519 g/mol. The molecule has 1 spiro atoms. The van der Waals surface area contributed by atoms with E-state index in [9.17, 15) is 4.79 Å². The molecule has 7 nitrogen and oxygen atoms in total. The molecule has 4 fully saturated rings. The quantitative estimate of drug-likeness (QED) is 0.338. The summed E-state index contributed by atoms with van der Waals surface area (Å²) in [6.45, 7) is 7.52. The Morgan fingerprint density at radius 1 is 1.14 bits per heavy atom. The van der Waals surface area contributed by atoms with Gasteiger partial charge in [-0.05, 0) is 25.7 Å². The summed E-state index contributed by atoms with van der Waals surface area (Å²) in [6, 6.07) is 0. The summed E-state index contributed by atoms with van der Waals surface area (Å²) < 4.78 is 5.61. The van der Waals surface area contributed by atoms with Gasteiger partial charge in [0.15, 0.2) is 5.96 Å². The number of carbonyl (C=O) groups is 1. The molecule has 1 atom stereocenters. The Labute approximate surface area is 192 Å². The lowest BCUT2D eigenvalue weighted by atomic mass is 9.79. The zero-order chi connectivity index (χ0) is 19.5. The van der Waals surface area contributed by atoms with Crippen LogP contribution in [-0.4, -0.2) is 86.7 Å². The minimum absolute atomic E-state index is 0. The first-order chi connectivity index (χ1) is 13.6. The van der Waals surface area contributed by atoms with E-state index in [1.165, 1.54) is 32.1 Å². The summed E-state index contributed by atoms with van der Waals surface area (Å²) in [5.41, 5.74) is 0.329. The van der Waals surface area contributed by atoms with Gasteiger partial charge in [0.1, 0.15) is 0 Å². The van der Waals surface area contributed by atoms with Gasteiger partial charge in [0.2, 0.25) is 5.91 Å². The maximum absolute atomic E-state index is 11.8. The molecule has 1 saturated carbocycles. The van der Waals surface area contributed by atoms with Crippen molar-refractivity contribution in [1.29, 1.82) is 0 Å². The van der Waals surface area contributed by atoms with E-state index in [0.29, 0.717) is 6.42 Å². The molecule has 0 aromatic rings. The highest BCUT2D eigenvalue weighted by Crippen LogP contribution is 2.37. The van der Waals surface area contributed by atoms with Crippen molar-refractivity contribution in [3.8, 4) is 0 Å². The van der Waals surface area contributed by atoms with Crippen LogP contribution in [0.4, 0.5) is 0 Å². The maximum Gasteiger partial charge on any atom is 0.220 e. The zero-order valence-corrected chi connectivity index (χ0v) is 20.2. The number of rotatable bonds is 3. The van der Waals surface area contributed by atoms with Crippen LogP contribution in [0, 0.1) is 5.41 Å². The standard InChI is InChI=1S/C21H37N5O2.HI/c1-22-19(25-9-5-6-20(17-25)14-18(27)23-15-20)24-16-21(7-3-2-4-8-21)26-10-12-28-13-11-26;/h2-17H2,1H3,(H,22,24)(H,23,27);1H. The molecular weight excluding hydrogens is 481 g/mol. The molecule has 1 unspecified atom stereocenters. The van der Waals surface area contributed by atoms with Gasteiger partial charge in [-0.25, -0.2) is 0 Å². The summed E-state index contributed by atoms with van der Waals surface area (Å²) in [6.07, 6.45) is 9.45. The zero-order valence-electron chi connectivity index (χ0n) is 17.9. The van der Waals surface area contributed by atoms with Crippen molar-refractivity contribution >= 4 is 35.8 Å². The number of likely N-dealkylation sites (tertiary alicyclic amines) is 1. The Kier molecular flexibility index (Phi) is 8.06. The van der Waals surface area contributed by atoms with Gasteiger partial charge in [0.05, 0.1) is 13.2 Å². The second-order valence-corrected chi connectivity index (χ2v) is 9.26. The van der Waals surface area contributed by atoms with E-state index in [0.717, 1.165) is 71.3 Å². The number of guanidine groups is 1. The molecule has 3 saturated heterocycles. The number of carbonyl (C=O) groups excluding carboxylic acids is 1. The number of ether oxygens (including phenoxy) is 1. The molecule has 1 aliphatic carbocycles. The smallest absolute Gasteiger partial charge is 0.220 e. The van der Waals surface area contributed by atoms with Crippen LogP contribution in [0.2, 0.25) is 0 Å². The van der Waals surface area contributed by atoms with Crippen molar-refractivity contribution in [2.24, 2.45) is 10.4 Å². The monoisotopic (exact) mass is 519 g/mol. The van der Waals surface area contributed by atoms with Crippen molar-refractivity contribution in [1.82, 2.24) is 20.4 Å². The van der Waals surface area contributed by atoms with Gasteiger partial charge in [-0.2, -0.15) is 0 Å². The molecule has 3 aliphatic heterocycles. The van der Waals surface area contributed by atoms with Crippen molar-refractivity contribution in [3.63, 3.8) is 0 Å². The van der Waals surface area contributed by atoms with E-state index in [1.54, 1.807) is 0 Å². The Hall–Kier alpha value is -0.610. The van der Waals surface area contributed by atoms with Gasteiger partial charge in [0, 0.05) is 63.7 Å². The Bertz CT molecular complexity index is 590. The first-order valence-corrected chi connectivity index (χ1v) is 11.2. The molecule has 8 heteroatoms. The SMILES string of the molecule is CN=C(NCC1(N2CCOCC2)CCCCC1)N1CCCC2(CNC(=O)C2)C1.I. The maximum atomic E-state index is 11.8. The Balaban J connectivity index is 0.00000240. The number of nitrogens with zero attached hydrogens (tertiary/aromatic N) is 3. The van der Waals surface area contributed by atoms with Crippen LogP contribution >= 0.6 is 24.0 Å². The van der Waals surface area contributed by atoms with Crippen LogP contribution in [0.1, 0.15) is 51.4 Å². The molecule has 166 valence electrons. The minimum Gasteiger partial charge on any atom is -0.379 e. The second kappa shape index (κ2) is 10.1. The topological polar surface area (TPSA) is 69.2 Å². The summed E-state index contributed by atoms with van der Waals surface area (Å²) in [7, 11) is 1.89. The van der Waals surface area contributed by atoms with Gasteiger partial charge in [-0.15, -0.1) is 24.0 Å². The van der Waals surface area contributed by atoms with Crippen molar-refractivity contribution < 1.29 is 9.53 Å². The molecule has 29 heavy (non-hydrogen) atoms. The second-order valence-electron chi connectivity index (χ2n) is 9.26. The van der Waals surface area contributed by atoms with Crippen molar-refractivity contribution in [3.05, 3.63) is 0 Å². The van der Waals surface area contributed by atoms with Crippen molar-refractivity contribution in [2.45, 2.75) is 56.9 Å². The summed E-state index contributed by atoms with van der Waals surface area (Å²) in [5.74, 6) is 1.22. The van der Waals surface area contributed by atoms with Gasteiger partial charge in [-0.3, -0.25) is 14.7 Å². The lowest BCUT2D eigenvalue weighted by Crippen LogP contribution is -2.61. The normalized spacial score (nSPS) is 30.7. The van der Waals surface area contributed by atoms with E-state index >= 15 is 0 Å². The lowest BCUT2D eigenvalue weighted by Gasteiger charge is -2.49. The molecule has 3 heterocycles. The summed E-state index contributed by atoms with van der Waals surface area (Å²) in [5, 5.41) is 6.80. The number of morpholine rings is 1. The van der Waals surface area contributed by atoms with Crippen LogP contribution in [0.5, 0.6) is 0 Å². The molecule has 4 rings (SSSR count). The Morgan fingerprint density at radius 3 is 2.55 bits per heavy atom. The van der Waals surface area contributed by atoms with E-state index in [2.05, 4.69) is 25.4 Å². The Morgan fingerprint density at radius 2 is 1.90 bits per heavy atom. The van der Waals surface area contributed by atoms with E-state index in [1.807, 2.05) is 7.05 Å². The molecule has 0 bridgehead atoms. The van der Waals surface area contributed by atoms with Crippen LogP contribution in [0.15, 0.2) is 4.99 Å². The third-order valence-electron chi connectivity index (χ3n) is 7.41. The predicted octanol–water partition coefficient (Wildman–Crippen LogP) is 1.82. The number of hydrogen-bond donors (Lipinski definition) is 2. The van der Waals surface area contributed by atoms with E-state index in [4.69, 9.17) is 4.74 Å². The number of piperidine rings is 1.